The number of H-pyrrole nitrogens is 1. The second kappa shape index (κ2) is 31.2. The van der Waals surface area contributed by atoms with E-state index in [0.29, 0.717) is 44.6 Å². The van der Waals surface area contributed by atoms with Gasteiger partial charge in [-0.15, -0.1) is 0 Å². The number of hydrogen-bond donors (Lipinski definition) is 12. The smallest absolute Gasteiger partial charge is 0 e. The Labute approximate surface area is 356 Å². The van der Waals surface area contributed by atoms with Gasteiger partial charge < -0.3 is 59.4 Å². The SMILES string of the molecule is CC(C)CC(N)C(=O)O.N=C(N)NCCCC(N)C(=O)O.NC(Cc1c[nH]c2ccccc12)C(=O)O.NC(Cc1ccccc1)C(=O)O.[CaH2].[MgH2].[Zn]. The van der Waals surface area contributed by atoms with Gasteiger partial charge in [0.25, 0.3) is 0 Å². The van der Waals surface area contributed by atoms with Gasteiger partial charge in [-0.2, -0.15) is 0 Å². The van der Waals surface area contributed by atoms with Crippen LogP contribution < -0.4 is 34.0 Å². The van der Waals surface area contributed by atoms with Crippen LogP contribution in [0.2, 0.25) is 0 Å². The van der Waals surface area contributed by atoms with Gasteiger partial charge in [0.05, 0.1) is 0 Å². The molecule has 0 radical (unpaired) electrons. The van der Waals surface area contributed by atoms with Crippen LogP contribution in [0.5, 0.6) is 0 Å². The average Bonchev–Trinajstić information content (AvgIpc) is 3.42. The molecule has 3 rings (SSSR count). The summed E-state index contributed by atoms with van der Waals surface area (Å²) in [4.78, 5) is 44.4. The van der Waals surface area contributed by atoms with Crippen LogP contribution in [-0.2, 0) is 51.5 Å². The summed E-state index contributed by atoms with van der Waals surface area (Å²) < 4.78 is 0. The Morgan fingerprint density at radius 2 is 1.24 bits per heavy atom. The molecule has 276 valence electrons. The number of hydrogen-bond acceptors (Lipinski definition) is 9. The number of guanidine groups is 1. The van der Waals surface area contributed by atoms with Crippen molar-refractivity contribution < 1.29 is 59.1 Å². The van der Waals surface area contributed by atoms with Crippen molar-refractivity contribution in [2.75, 3.05) is 6.54 Å². The summed E-state index contributed by atoms with van der Waals surface area (Å²) in [6.07, 6.45) is 4.07. The van der Waals surface area contributed by atoms with Crippen molar-refractivity contribution >= 4 is 102 Å². The predicted octanol–water partition coefficient (Wildman–Crippen LogP) is -0.966. The molecular weight excluding hydrogens is 754 g/mol. The van der Waals surface area contributed by atoms with Gasteiger partial charge in [0, 0.05) is 49.5 Å². The van der Waals surface area contributed by atoms with Gasteiger partial charge in [-0.3, -0.25) is 24.6 Å². The molecule has 19 heteroatoms. The second-order valence-electron chi connectivity index (χ2n) is 11.1. The van der Waals surface area contributed by atoms with Crippen LogP contribution in [0, 0.1) is 11.3 Å². The molecule has 0 aliphatic carbocycles. The van der Waals surface area contributed by atoms with E-state index in [4.69, 9.17) is 54.5 Å². The molecule has 0 aliphatic rings. The Balaban J connectivity index is -0.000000288. The number of aliphatic carboxylic acids is 4. The van der Waals surface area contributed by atoms with Crippen LogP contribution in [-0.4, -0.2) is 147 Å². The molecule has 0 spiro atoms. The maximum absolute atomic E-state index is 10.6. The average molecular weight is 809 g/mol. The zero-order valence-electron chi connectivity index (χ0n) is 27.9. The Morgan fingerprint density at radius 1 is 0.765 bits per heavy atom. The number of para-hydroxylation sites is 1. The van der Waals surface area contributed by atoms with E-state index < -0.39 is 48.0 Å². The summed E-state index contributed by atoms with van der Waals surface area (Å²) in [7, 11) is 0. The van der Waals surface area contributed by atoms with E-state index in [9.17, 15) is 19.2 Å². The Hall–Kier alpha value is -2.38. The van der Waals surface area contributed by atoms with E-state index in [2.05, 4.69) is 10.3 Å². The fourth-order valence-electron chi connectivity index (χ4n) is 3.86. The standard InChI is InChI=1S/C11H12N2O2.C9H11NO2.C6H14N4O2.C6H13NO2.Ca.Mg.Zn.4H/c12-9(11(14)15)5-7-6-13-10-4-2-1-3-8(7)10;10-8(9(11)12)6-7-4-2-1-3-5-7;7-4(5(11)12)2-1-3-10-6(8)9;1-4(2)3-5(7)6(8)9;;;;;;;/h1-4,6,9,13H,5,12H2,(H,14,15);1-5,8H,6,10H2,(H,11,12);4H,1-3,7H2,(H,11,12)(H4,8,9,10);4-5H,3,7H2,1-2H3,(H,8,9);;;;;;;. The topological polar surface area (TPSA) is 331 Å². The third kappa shape index (κ3) is 27.0. The summed E-state index contributed by atoms with van der Waals surface area (Å²) in [5.41, 5.74) is 29.2. The molecule has 4 unspecified atom stereocenters. The molecule has 2 aromatic carbocycles. The normalized spacial score (nSPS) is 12.0. The molecule has 0 fully saturated rings. The fraction of sp³-hybridized carbons (Fsp3) is 0.406. The number of carbonyl (C=O) groups is 4. The number of aromatic nitrogens is 1. The van der Waals surface area contributed by atoms with E-state index in [1.54, 1.807) is 0 Å². The first kappa shape index (κ1) is 55.4. The molecule has 1 heterocycles. The Kier molecular flexibility index (Phi) is 33.8. The summed E-state index contributed by atoms with van der Waals surface area (Å²) in [5.74, 6) is -3.60. The predicted molar refractivity (Wildman–Crippen MR) is 200 cm³/mol. The van der Waals surface area contributed by atoms with E-state index in [1.165, 1.54) is 0 Å². The van der Waals surface area contributed by atoms with Crippen molar-refractivity contribution in [2.24, 2.45) is 34.6 Å². The van der Waals surface area contributed by atoms with Crippen molar-refractivity contribution in [1.82, 2.24) is 10.3 Å². The molecule has 0 saturated heterocycles. The number of carboxylic acid groups (broad SMARTS) is 4. The zero-order valence-corrected chi connectivity index (χ0v) is 30.9. The largest absolute Gasteiger partial charge is 0.316 e. The number of nitrogens with one attached hydrogen (secondary N) is 3. The molecule has 0 bridgehead atoms. The van der Waals surface area contributed by atoms with Crippen molar-refractivity contribution in [2.45, 2.75) is 70.1 Å². The molecule has 16 nitrogen and oxygen atoms in total. The molecule has 0 aliphatic heterocycles. The number of aromatic amines is 1. The molecule has 4 atom stereocenters. The first-order chi connectivity index (χ1) is 22.5. The minimum Gasteiger partial charge on any atom is 0 e. The Morgan fingerprint density at radius 3 is 1.69 bits per heavy atom. The van der Waals surface area contributed by atoms with Crippen LogP contribution >= 0.6 is 0 Å². The maximum Gasteiger partial charge on any atom is 0.316 e. The van der Waals surface area contributed by atoms with Crippen LogP contribution in [0.25, 0.3) is 10.9 Å². The minimum absolute atomic E-state index is 0. The van der Waals surface area contributed by atoms with Gasteiger partial charge in [0.2, 0.25) is 0 Å². The van der Waals surface area contributed by atoms with E-state index >= 15 is 0 Å². The van der Waals surface area contributed by atoms with Gasteiger partial charge in [-0.1, -0.05) is 62.4 Å². The first-order valence-electron chi connectivity index (χ1n) is 15.1. The van der Waals surface area contributed by atoms with Crippen LogP contribution in [0.3, 0.4) is 0 Å². The monoisotopic (exact) mass is 806 g/mol. The molecule has 0 amide bonds. The fourth-order valence-corrected chi connectivity index (χ4v) is 3.86. The number of nitrogens with two attached hydrogens (primary N) is 5. The number of carboxylic acids is 4. The number of rotatable bonds is 14. The van der Waals surface area contributed by atoms with Gasteiger partial charge in [0.1, 0.15) is 24.2 Å². The third-order valence-corrected chi connectivity index (χ3v) is 6.41. The molecule has 17 N–H and O–H groups in total. The van der Waals surface area contributed by atoms with Crippen molar-refractivity contribution in [3.05, 3.63) is 71.9 Å². The number of benzene rings is 2. The van der Waals surface area contributed by atoms with Crippen molar-refractivity contribution in [3.63, 3.8) is 0 Å². The van der Waals surface area contributed by atoms with Crippen LogP contribution in [0.4, 0.5) is 0 Å². The summed E-state index contributed by atoms with van der Waals surface area (Å²) >= 11 is 0. The molecular formula is C32H54CaMgN8O8Zn. The van der Waals surface area contributed by atoms with E-state index in [-0.39, 0.29) is 86.2 Å². The first-order valence-corrected chi connectivity index (χ1v) is 15.1. The van der Waals surface area contributed by atoms with Gasteiger partial charge >= 0.3 is 84.7 Å². The van der Waals surface area contributed by atoms with E-state index in [0.717, 1.165) is 22.0 Å². The molecule has 1 aromatic heterocycles. The molecule has 3 aromatic rings. The second-order valence-corrected chi connectivity index (χ2v) is 11.1. The van der Waals surface area contributed by atoms with Gasteiger partial charge in [-0.05, 0) is 48.8 Å². The number of fused-ring (bicyclic) bond motifs is 1. The van der Waals surface area contributed by atoms with Gasteiger partial charge in [0.15, 0.2) is 5.96 Å². The third-order valence-electron chi connectivity index (χ3n) is 6.41. The summed E-state index contributed by atoms with van der Waals surface area (Å²) in [6.45, 7) is 4.38. The Bertz CT molecular complexity index is 1440. The van der Waals surface area contributed by atoms with E-state index in [1.807, 2.05) is 74.6 Å². The summed E-state index contributed by atoms with van der Waals surface area (Å²) in [5, 5.41) is 44.3. The van der Waals surface area contributed by atoms with Crippen molar-refractivity contribution in [3.8, 4) is 0 Å². The van der Waals surface area contributed by atoms with Crippen LogP contribution in [0.1, 0.15) is 44.2 Å². The van der Waals surface area contributed by atoms with Gasteiger partial charge in [-0.25, -0.2) is 0 Å². The van der Waals surface area contributed by atoms with Crippen molar-refractivity contribution in [1.29, 1.82) is 5.41 Å². The quantitative estimate of drug-likeness (QED) is 0.0404. The maximum atomic E-state index is 10.6. The zero-order chi connectivity index (χ0) is 36.8. The summed E-state index contributed by atoms with van der Waals surface area (Å²) in [6, 6.07) is 13.9. The van der Waals surface area contributed by atoms with Crippen LogP contribution in [0.15, 0.2) is 60.8 Å². The molecule has 0 saturated carbocycles. The minimum atomic E-state index is -1.00. The molecule has 51 heavy (non-hydrogen) atoms.